The third-order valence-corrected chi connectivity index (χ3v) is 2.50. The lowest BCUT2D eigenvalue weighted by molar-refractivity contribution is 0.281. The Kier molecular flexibility index (Phi) is 6.68. The Labute approximate surface area is 110 Å². The van der Waals surface area contributed by atoms with Gasteiger partial charge in [-0.2, -0.15) is 0 Å². The summed E-state index contributed by atoms with van der Waals surface area (Å²) in [4.78, 5) is 6.48. The Bertz CT molecular complexity index is 340. The highest BCUT2D eigenvalue weighted by Crippen LogP contribution is 2.11. The van der Waals surface area contributed by atoms with Crippen LogP contribution in [0.2, 0.25) is 0 Å². The van der Waals surface area contributed by atoms with Crippen molar-refractivity contribution in [1.82, 2.24) is 15.2 Å². The summed E-state index contributed by atoms with van der Waals surface area (Å²) in [7, 11) is 4.14. The molecule has 0 aromatic carbocycles. The lowest BCUT2D eigenvalue weighted by atomic mass is 10.3. The fourth-order valence-electron chi connectivity index (χ4n) is 1.52. The van der Waals surface area contributed by atoms with Crippen molar-refractivity contribution in [1.29, 1.82) is 0 Å². The van der Waals surface area contributed by atoms with Gasteiger partial charge in [0.1, 0.15) is 5.75 Å². The lowest BCUT2D eigenvalue weighted by Gasteiger charge is -2.11. The molecular formula is C14H25N3O. The second-order valence-electron chi connectivity index (χ2n) is 5.02. The van der Waals surface area contributed by atoms with Crippen molar-refractivity contribution in [2.45, 2.75) is 32.9 Å². The Morgan fingerprint density at radius 3 is 2.83 bits per heavy atom. The molecule has 4 nitrogen and oxygen atoms in total. The van der Waals surface area contributed by atoms with Crippen molar-refractivity contribution in [2.75, 3.05) is 27.2 Å². The molecule has 0 amide bonds. The Morgan fingerprint density at radius 2 is 2.17 bits per heavy atom. The van der Waals surface area contributed by atoms with Crippen LogP contribution in [-0.4, -0.2) is 43.2 Å². The number of hydrogen-bond donors (Lipinski definition) is 1. The fraction of sp³-hybridized carbons (Fsp3) is 0.643. The Hall–Kier alpha value is -1.13. The second-order valence-corrected chi connectivity index (χ2v) is 5.02. The van der Waals surface area contributed by atoms with E-state index in [2.05, 4.69) is 43.1 Å². The average Bonchev–Trinajstić information content (AvgIpc) is 2.32. The van der Waals surface area contributed by atoms with Crippen LogP contribution >= 0.6 is 0 Å². The van der Waals surface area contributed by atoms with Crippen molar-refractivity contribution in [2.24, 2.45) is 0 Å². The summed E-state index contributed by atoms with van der Waals surface area (Å²) in [6, 6.07) is 4.39. The Morgan fingerprint density at radius 1 is 1.39 bits per heavy atom. The molecule has 0 radical (unpaired) electrons. The largest absolute Gasteiger partial charge is 0.493 e. The number of nitrogens with one attached hydrogen (secondary N) is 1. The van der Waals surface area contributed by atoms with Gasteiger partial charge in [-0.25, -0.2) is 0 Å². The van der Waals surface area contributed by atoms with Gasteiger partial charge in [-0.1, -0.05) is 13.8 Å². The molecule has 1 aromatic rings. The molecule has 0 aliphatic rings. The normalized spacial score (nSPS) is 11.2. The van der Waals surface area contributed by atoms with Crippen LogP contribution in [0.4, 0.5) is 0 Å². The average molecular weight is 251 g/mol. The third-order valence-electron chi connectivity index (χ3n) is 2.50. The molecule has 0 atom stereocenters. The number of rotatable bonds is 8. The van der Waals surface area contributed by atoms with Gasteiger partial charge in [-0.15, -0.1) is 0 Å². The molecule has 0 bridgehead atoms. The van der Waals surface area contributed by atoms with Crippen LogP contribution in [0.3, 0.4) is 0 Å². The molecule has 1 rings (SSSR count). The van der Waals surface area contributed by atoms with Crippen molar-refractivity contribution >= 4 is 0 Å². The van der Waals surface area contributed by atoms with Crippen LogP contribution in [0, 0.1) is 0 Å². The maximum absolute atomic E-state index is 5.71. The first-order valence-corrected chi connectivity index (χ1v) is 6.54. The van der Waals surface area contributed by atoms with E-state index >= 15 is 0 Å². The zero-order valence-electron chi connectivity index (χ0n) is 11.9. The summed E-state index contributed by atoms with van der Waals surface area (Å²) in [5.74, 6) is 0.907. The van der Waals surface area contributed by atoms with Crippen molar-refractivity contribution in [3.05, 3.63) is 24.0 Å². The summed E-state index contributed by atoms with van der Waals surface area (Å²) in [5, 5.41) is 3.35. The number of nitrogens with zero attached hydrogens (tertiary/aromatic N) is 2. The first-order chi connectivity index (χ1) is 8.58. The lowest BCUT2D eigenvalue weighted by Crippen LogP contribution is -2.22. The summed E-state index contributed by atoms with van der Waals surface area (Å²) < 4.78 is 5.71. The van der Waals surface area contributed by atoms with E-state index in [0.29, 0.717) is 6.04 Å². The van der Waals surface area contributed by atoms with E-state index in [1.165, 1.54) is 0 Å². The topological polar surface area (TPSA) is 37.4 Å². The van der Waals surface area contributed by atoms with Gasteiger partial charge in [0.15, 0.2) is 0 Å². The minimum atomic E-state index is 0.469. The maximum Gasteiger partial charge on any atom is 0.122 e. The zero-order valence-corrected chi connectivity index (χ0v) is 11.9. The summed E-state index contributed by atoms with van der Waals surface area (Å²) in [5.41, 5.74) is 1.02. The third kappa shape index (κ3) is 6.57. The molecule has 1 heterocycles. The molecule has 18 heavy (non-hydrogen) atoms. The molecule has 0 unspecified atom stereocenters. The number of ether oxygens (including phenoxy) is 1. The number of pyridine rings is 1. The quantitative estimate of drug-likeness (QED) is 0.716. The molecule has 0 spiro atoms. The van der Waals surface area contributed by atoms with Crippen LogP contribution in [0.1, 0.15) is 26.0 Å². The van der Waals surface area contributed by atoms with Crippen LogP contribution in [0.25, 0.3) is 0 Å². The molecule has 1 N–H and O–H groups in total. The van der Waals surface area contributed by atoms with Crippen molar-refractivity contribution in [3.8, 4) is 5.75 Å². The van der Waals surface area contributed by atoms with Gasteiger partial charge in [-0.3, -0.25) is 4.98 Å². The van der Waals surface area contributed by atoms with E-state index in [-0.39, 0.29) is 0 Å². The van der Waals surface area contributed by atoms with Crippen molar-refractivity contribution in [3.63, 3.8) is 0 Å². The van der Waals surface area contributed by atoms with E-state index in [4.69, 9.17) is 4.74 Å². The molecule has 0 aliphatic heterocycles. The number of aromatic nitrogens is 1. The van der Waals surface area contributed by atoms with Gasteiger partial charge in [0.25, 0.3) is 0 Å². The second kappa shape index (κ2) is 8.06. The summed E-state index contributed by atoms with van der Waals surface area (Å²) >= 11 is 0. The Balaban J connectivity index is 2.34. The predicted molar refractivity (Wildman–Crippen MR) is 74.9 cm³/mol. The van der Waals surface area contributed by atoms with E-state index in [1.54, 1.807) is 6.20 Å². The van der Waals surface area contributed by atoms with Gasteiger partial charge < -0.3 is 15.0 Å². The van der Waals surface area contributed by atoms with Gasteiger partial charge in [-0.05, 0) is 26.6 Å². The first kappa shape index (κ1) is 14.9. The number of hydrogen-bond acceptors (Lipinski definition) is 4. The minimum absolute atomic E-state index is 0.469. The molecule has 4 heteroatoms. The maximum atomic E-state index is 5.71. The van der Waals surface area contributed by atoms with Crippen LogP contribution in [-0.2, 0) is 6.54 Å². The van der Waals surface area contributed by atoms with Crippen LogP contribution < -0.4 is 10.1 Å². The molecular weight excluding hydrogens is 226 g/mol. The highest BCUT2D eigenvalue weighted by molar-refractivity contribution is 5.22. The van der Waals surface area contributed by atoms with E-state index in [0.717, 1.165) is 37.6 Å². The molecule has 0 saturated carbocycles. The molecule has 102 valence electrons. The van der Waals surface area contributed by atoms with Gasteiger partial charge in [0, 0.05) is 31.4 Å². The van der Waals surface area contributed by atoms with Crippen molar-refractivity contribution < 1.29 is 4.74 Å². The SMILES string of the molecule is CC(C)NCc1cc(OCCCN(C)C)ccn1. The monoisotopic (exact) mass is 251 g/mol. The van der Waals surface area contributed by atoms with Crippen LogP contribution in [0.15, 0.2) is 18.3 Å². The molecule has 0 aliphatic carbocycles. The van der Waals surface area contributed by atoms with E-state index < -0.39 is 0 Å². The molecule has 1 aromatic heterocycles. The predicted octanol–water partition coefficient (Wildman–Crippen LogP) is 1.91. The van der Waals surface area contributed by atoms with Gasteiger partial charge in [0.2, 0.25) is 0 Å². The van der Waals surface area contributed by atoms with E-state index in [9.17, 15) is 0 Å². The summed E-state index contributed by atoms with van der Waals surface area (Å²) in [6.45, 7) is 6.84. The van der Waals surface area contributed by atoms with Gasteiger partial charge in [0.05, 0.1) is 12.3 Å². The van der Waals surface area contributed by atoms with Crippen LogP contribution in [0.5, 0.6) is 5.75 Å². The summed E-state index contributed by atoms with van der Waals surface area (Å²) in [6.07, 6.45) is 2.84. The standard InChI is InChI=1S/C14H25N3O/c1-12(2)16-11-13-10-14(6-7-15-13)18-9-5-8-17(3)4/h6-7,10,12,16H,5,8-9,11H2,1-4H3. The highest BCUT2D eigenvalue weighted by Gasteiger charge is 2.00. The van der Waals surface area contributed by atoms with E-state index in [1.807, 2.05) is 12.1 Å². The molecule has 0 fully saturated rings. The highest BCUT2D eigenvalue weighted by atomic mass is 16.5. The minimum Gasteiger partial charge on any atom is -0.493 e. The fourth-order valence-corrected chi connectivity index (χ4v) is 1.52. The first-order valence-electron chi connectivity index (χ1n) is 6.54. The zero-order chi connectivity index (χ0) is 13.4. The van der Waals surface area contributed by atoms with Gasteiger partial charge >= 0.3 is 0 Å². The smallest absolute Gasteiger partial charge is 0.122 e. The molecule has 0 saturated heterocycles.